The molecule has 56 valence electrons. The highest BCUT2D eigenvalue weighted by molar-refractivity contribution is 8.13. The van der Waals surface area contributed by atoms with Gasteiger partial charge in [0.2, 0.25) is 0 Å². The fourth-order valence-electron chi connectivity index (χ4n) is 0.852. The van der Waals surface area contributed by atoms with Gasteiger partial charge in [-0.15, -0.1) is 11.8 Å². The normalized spacial score (nSPS) is 34.5. The molecule has 11 heavy (non-hydrogen) atoms. The molecule has 0 saturated carbocycles. The Bertz CT molecular complexity index is 332. The van der Waals surface area contributed by atoms with Gasteiger partial charge in [-0.3, -0.25) is 4.99 Å². The van der Waals surface area contributed by atoms with Crippen molar-refractivity contribution in [1.29, 1.82) is 0 Å². The maximum absolute atomic E-state index is 7.90. The third-order valence-corrected chi connectivity index (χ3v) is 2.02. The summed E-state index contributed by atoms with van der Waals surface area (Å²) < 4.78 is 7.90. The first-order valence-corrected chi connectivity index (χ1v) is 4.26. The van der Waals surface area contributed by atoms with Crippen molar-refractivity contribution in [2.75, 3.05) is 6.26 Å². The van der Waals surface area contributed by atoms with Crippen LogP contribution in [-0.2, 0) is 0 Å². The zero-order valence-electron chi connectivity index (χ0n) is 6.85. The van der Waals surface area contributed by atoms with Gasteiger partial charge in [-0.1, -0.05) is 0 Å². The Morgan fingerprint density at radius 3 is 3.27 bits per heavy atom. The van der Waals surface area contributed by atoms with Crippen molar-refractivity contribution in [2.24, 2.45) is 20.0 Å². The summed E-state index contributed by atoms with van der Waals surface area (Å²) in [5, 5.41) is 0.616. The second-order valence-electron chi connectivity index (χ2n) is 1.93. The monoisotopic (exact) mass is 167 g/mol. The van der Waals surface area contributed by atoms with E-state index < -0.39 is 6.02 Å². The molecule has 0 aromatic rings. The Hall–Kier alpha value is -0.970. The van der Waals surface area contributed by atoms with Crippen molar-refractivity contribution in [3.63, 3.8) is 0 Å². The molecule has 0 fully saturated rings. The number of hydrogen-bond acceptors (Lipinski definition) is 5. The van der Waals surface area contributed by atoms with Crippen molar-refractivity contribution in [3.8, 4) is 0 Å². The minimum Gasteiger partial charge on any atom is -0.255 e. The van der Waals surface area contributed by atoms with Crippen molar-refractivity contribution in [3.05, 3.63) is 0 Å². The molecule has 4 nitrogen and oxygen atoms in total. The molecule has 2 aliphatic heterocycles. The Labute approximate surface area is 69.7 Å². The topological polar surface area (TPSA) is 49.4 Å². The van der Waals surface area contributed by atoms with Crippen molar-refractivity contribution in [1.82, 2.24) is 0 Å². The third-order valence-electron chi connectivity index (χ3n) is 1.33. The largest absolute Gasteiger partial charge is 0.255 e. The molecule has 0 N–H and O–H groups in total. The molecule has 0 aromatic heterocycles. The summed E-state index contributed by atoms with van der Waals surface area (Å²) in [6.07, 6.45) is 4.63. The van der Waals surface area contributed by atoms with Crippen LogP contribution in [-0.4, -0.2) is 35.8 Å². The summed E-state index contributed by atoms with van der Waals surface area (Å²) in [5.41, 5.74) is 0. The Balaban J connectivity index is 2.49. The number of nitrogens with zero attached hydrogens (tertiary/aromatic N) is 4. The number of fused-ring (bicyclic) bond motifs is 1. The smallest absolute Gasteiger partial charge is 0.163 e. The van der Waals surface area contributed by atoms with Crippen LogP contribution in [0.15, 0.2) is 20.0 Å². The highest BCUT2D eigenvalue weighted by atomic mass is 32.2. The standard InChI is InChI=1S/C6H6N4S/c1-11-6-4-5(8-2-7-4)9-3-10-6/h2-4H,1H3/i4D. The number of thioether (sulfide) groups is 1. The lowest BCUT2D eigenvalue weighted by Gasteiger charge is -2.10. The quantitative estimate of drug-likeness (QED) is 0.521. The molecule has 2 heterocycles. The molecule has 5 heteroatoms. The lowest BCUT2D eigenvalue weighted by atomic mass is 10.3. The predicted molar refractivity (Wildman–Crippen MR) is 49.2 cm³/mol. The molecule has 0 aliphatic carbocycles. The van der Waals surface area contributed by atoms with Crippen LogP contribution in [0.2, 0.25) is 0 Å². The van der Waals surface area contributed by atoms with E-state index in [1.807, 2.05) is 6.26 Å². The van der Waals surface area contributed by atoms with Crippen molar-refractivity contribution >= 4 is 35.3 Å². The maximum Gasteiger partial charge on any atom is 0.163 e. The Kier molecular flexibility index (Phi) is 1.32. The molecule has 2 rings (SSSR count). The Morgan fingerprint density at radius 1 is 1.55 bits per heavy atom. The first-order chi connectivity index (χ1) is 5.77. The van der Waals surface area contributed by atoms with Crippen LogP contribution in [0, 0.1) is 0 Å². The Morgan fingerprint density at radius 2 is 2.45 bits per heavy atom. The molecule has 0 amide bonds. The molecule has 0 radical (unpaired) electrons. The average Bonchev–Trinajstić information content (AvgIpc) is 2.45. The van der Waals surface area contributed by atoms with Crippen molar-refractivity contribution < 1.29 is 1.37 Å². The molecule has 0 spiro atoms. The second-order valence-corrected chi connectivity index (χ2v) is 2.72. The first kappa shape index (κ1) is 5.65. The maximum atomic E-state index is 7.90. The zero-order chi connectivity index (χ0) is 8.60. The van der Waals surface area contributed by atoms with Crippen LogP contribution in [0.4, 0.5) is 0 Å². The van der Waals surface area contributed by atoms with E-state index in [2.05, 4.69) is 20.0 Å². The third kappa shape index (κ3) is 1.01. The lowest BCUT2D eigenvalue weighted by Crippen LogP contribution is -2.25. The molecule has 1 atom stereocenters. The fraction of sp³-hybridized carbons (Fsp3) is 0.333. The van der Waals surface area contributed by atoms with E-state index in [1.54, 1.807) is 0 Å². The minimum absolute atomic E-state index is 0.404. The van der Waals surface area contributed by atoms with Crippen LogP contribution in [0.5, 0.6) is 0 Å². The number of rotatable bonds is 0. The average molecular weight is 167 g/mol. The summed E-state index contributed by atoms with van der Waals surface area (Å²) in [6.45, 7) is 0. The van der Waals surface area contributed by atoms with Crippen LogP contribution in [0.3, 0.4) is 0 Å². The van der Waals surface area contributed by atoms with Gasteiger partial charge in [-0.05, 0) is 6.26 Å². The van der Waals surface area contributed by atoms with E-state index in [4.69, 9.17) is 1.37 Å². The highest BCUT2D eigenvalue weighted by Crippen LogP contribution is 2.15. The van der Waals surface area contributed by atoms with Crippen LogP contribution < -0.4 is 0 Å². The summed E-state index contributed by atoms with van der Waals surface area (Å²) in [4.78, 5) is 15.6. The van der Waals surface area contributed by atoms with E-state index in [0.717, 1.165) is 0 Å². The molecule has 0 saturated heterocycles. The summed E-state index contributed by atoms with van der Waals surface area (Å²) in [5.74, 6) is 0.404. The molecular formula is C6H6N4S. The summed E-state index contributed by atoms with van der Waals surface area (Å²) in [6, 6.07) is -1.16. The van der Waals surface area contributed by atoms with Gasteiger partial charge in [0.25, 0.3) is 0 Å². The SMILES string of the molecule is [2H]C12N=CN=C1N=CN=C2SC. The molecule has 1 unspecified atom stereocenters. The van der Waals surface area contributed by atoms with E-state index >= 15 is 0 Å². The van der Waals surface area contributed by atoms with Gasteiger partial charge in [0.1, 0.15) is 17.7 Å². The number of amidine groups is 1. The summed E-state index contributed by atoms with van der Waals surface area (Å²) >= 11 is 1.40. The molecule has 0 bridgehead atoms. The van der Waals surface area contributed by atoms with Crippen molar-refractivity contribution in [2.45, 2.75) is 6.02 Å². The van der Waals surface area contributed by atoms with Gasteiger partial charge >= 0.3 is 0 Å². The van der Waals surface area contributed by atoms with E-state index in [9.17, 15) is 0 Å². The molecule has 2 aliphatic rings. The second kappa shape index (κ2) is 2.58. The number of hydrogen-bond donors (Lipinski definition) is 0. The van der Waals surface area contributed by atoms with Crippen LogP contribution in [0.1, 0.15) is 1.37 Å². The van der Waals surface area contributed by atoms with Gasteiger partial charge in [0, 0.05) is 0 Å². The van der Waals surface area contributed by atoms with E-state index in [-0.39, 0.29) is 0 Å². The van der Waals surface area contributed by atoms with Gasteiger partial charge < -0.3 is 0 Å². The number of aliphatic imine (C=N–C) groups is 4. The van der Waals surface area contributed by atoms with Gasteiger partial charge in [0.15, 0.2) is 11.9 Å². The van der Waals surface area contributed by atoms with E-state index in [0.29, 0.717) is 10.9 Å². The zero-order valence-corrected chi connectivity index (χ0v) is 6.67. The van der Waals surface area contributed by atoms with Gasteiger partial charge in [-0.25, -0.2) is 15.0 Å². The fourth-order valence-corrected chi connectivity index (χ4v) is 1.34. The van der Waals surface area contributed by atoms with Gasteiger partial charge in [-0.2, -0.15) is 0 Å². The molecular weight excluding hydrogens is 160 g/mol. The summed E-state index contributed by atoms with van der Waals surface area (Å²) in [7, 11) is 0. The predicted octanol–water partition coefficient (Wildman–Crippen LogP) is 0.599. The lowest BCUT2D eigenvalue weighted by molar-refractivity contribution is 1.16. The van der Waals surface area contributed by atoms with E-state index in [1.165, 1.54) is 24.4 Å². The van der Waals surface area contributed by atoms with Gasteiger partial charge in [0.05, 0.1) is 1.37 Å². The molecule has 0 aromatic carbocycles. The van der Waals surface area contributed by atoms with Crippen LogP contribution in [0.25, 0.3) is 0 Å². The van der Waals surface area contributed by atoms with Crippen LogP contribution >= 0.6 is 11.8 Å². The minimum atomic E-state index is -1.16. The first-order valence-electron chi connectivity index (χ1n) is 3.54. The highest BCUT2D eigenvalue weighted by Gasteiger charge is 2.24.